The third kappa shape index (κ3) is 12.4. The molecule has 0 aliphatic carbocycles. The maximum absolute atomic E-state index is 12.3. The van der Waals surface area contributed by atoms with Gasteiger partial charge in [0.25, 0.3) is 0 Å². The molecule has 1 atom stereocenters. The quantitative estimate of drug-likeness (QED) is 0.137. The zero-order valence-electron chi connectivity index (χ0n) is 20.2. The monoisotopic (exact) mass is 477 g/mol. The van der Waals surface area contributed by atoms with Crippen LogP contribution in [-0.4, -0.2) is 43.5 Å². The molecule has 1 aromatic rings. The molecule has 2 amide bonds. The molecule has 0 aromatic heterocycles. The summed E-state index contributed by atoms with van der Waals surface area (Å²) < 4.78 is 20.3. The summed E-state index contributed by atoms with van der Waals surface area (Å²) in [6.07, 6.45) is 1.50. The summed E-state index contributed by atoms with van der Waals surface area (Å²) in [5.74, 6) is -0.601. The Morgan fingerprint density at radius 3 is 2.41 bits per heavy atom. The van der Waals surface area contributed by atoms with Gasteiger partial charge in [-0.3, -0.25) is 0 Å². The molecule has 4 N–H and O–H groups in total. The molecule has 0 aliphatic rings. The molecular formula is C24H35N3O7. The van der Waals surface area contributed by atoms with E-state index >= 15 is 0 Å². The normalized spacial score (nSPS) is 12.2. The second-order valence-electron chi connectivity index (χ2n) is 8.33. The number of methoxy groups -OCH3 is 1. The van der Waals surface area contributed by atoms with Crippen LogP contribution in [0.4, 0.5) is 9.59 Å². The molecular weight excluding hydrogens is 442 g/mol. The van der Waals surface area contributed by atoms with Crippen molar-refractivity contribution < 1.29 is 33.3 Å². The van der Waals surface area contributed by atoms with Crippen molar-refractivity contribution in [2.45, 2.75) is 58.3 Å². The fraction of sp³-hybridized carbons (Fsp3) is 0.458. The fourth-order valence-corrected chi connectivity index (χ4v) is 2.59. The Bertz CT molecular complexity index is 848. The highest BCUT2D eigenvalue weighted by atomic mass is 16.6. The van der Waals surface area contributed by atoms with E-state index in [0.29, 0.717) is 25.8 Å². The number of nitrogens with two attached hydrogens (primary N) is 1. The second-order valence-corrected chi connectivity index (χ2v) is 8.33. The molecule has 10 heteroatoms. The first-order valence-corrected chi connectivity index (χ1v) is 10.8. The number of esters is 1. The van der Waals surface area contributed by atoms with Crippen molar-refractivity contribution in [2.24, 2.45) is 5.73 Å². The van der Waals surface area contributed by atoms with Gasteiger partial charge in [0.05, 0.1) is 13.2 Å². The van der Waals surface area contributed by atoms with Gasteiger partial charge in [0.2, 0.25) is 0 Å². The molecule has 0 radical (unpaired) electrons. The Balaban J connectivity index is 2.61. The highest BCUT2D eigenvalue weighted by Crippen LogP contribution is 2.13. The SMILES string of the molecule is C=C(O/C=C(\N)C(=O)OC)C(CCCCNC(=O)OC(C)(C)C)NC(=O)OCc1ccccc1. The van der Waals surface area contributed by atoms with Gasteiger partial charge in [-0.25, -0.2) is 14.4 Å². The third-order valence-electron chi connectivity index (χ3n) is 4.24. The Kier molecular flexibility index (Phi) is 12.1. The average molecular weight is 478 g/mol. The lowest BCUT2D eigenvalue weighted by atomic mass is 10.1. The number of benzene rings is 1. The predicted octanol–water partition coefficient (Wildman–Crippen LogP) is 3.48. The molecule has 0 spiro atoms. The van der Waals surface area contributed by atoms with Crippen molar-refractivity contribution in [3.05, 3.63) is 60.2 Å². The lowest BCUT2D eigenvalue weighted by Crippen LogP contribution is -2.37. The minimum atomic E-state index is -0.757. The third-order valence-corrected chi connectivity index (χ3v) is 4.24. The second kappa shape index (κ2) is 14.5. The number of hydrogen-bond donors (Lipinski definition) is 3. The van der Waals surface area contributed by atoms with Crippen LogP contribution in [-0.2, 0) is 30.3 Å². The molecule has 0 aliphatic heterocycles. The number of unbranched alkanes of at least 4 members (excludes halogenated alkanes) is 1. The minimum Gasteiger partial charge on any atom is -0.465 e. The van der Waals surface area contributed by atoms with Crippen LogP contribution in [0.5, 0.6) is 0 Å². The van der Waals surface area contributed by atoms with Gasteiger partial charge >= 0.3 is 18.2 Å². The van der Waals surface area contributed by atoms with Crippen LogP contribution < -0.4 is 16.4 Å². The molecule has 188 valence electrons. The van der Waals surface area contributed by atoms with Crippen LogP contribution in [0, 0.1) is 0 Å². The highest BCUT2D eigenvalue weighted by molar-refractivity contribution is 5.86. The first kappa shape index (κ1) is 28.3. The van der Waals surface area contributed by atoms with Gasteiger partial charge in [0, 0.05) is 6.54 Å². The largest absolute Gasteiger partial charge is 0.465 e. The zero-order chi connectivity index (χ0) is 25.6. The van der Waals surface area contributed by atoms with Crippen LogP contribution in [0.3, 0.4) is 0 Å². The zero-order valence-corrected chi connectivity index (χ0v) is 20.2. The first-order valence-electron chi connectivity index (χ1n) is 10.8. The Labute approximate surface area is 200 Å². The number of amides is 2. The highest BCUT2D eigenvalue weighted by Gasteiger charge is 2.19. The van der Waals surface area contributed by atoms with Crippen molar-refractivity contribution in [3.8, 4) is 0 Å². The van der Waals surface area contributed by atoms with E-state index < -0.39 is 29.8 Å². The fourth-order valence-electron chi connectivity index (χ4n) is 2.59. The van der Waals surface area contributed by atoms with Crippen molar-refractivity contribution in [2.75, 3.05) is 13.7 Å². The number of alkyl carbamates (subject to hydrolysis) is 2. The maximum atomic E-state index is 12.3. The van der Waals surface area contributed by atoms with E-state index in [-0.39, 0.29) is 18.1 Å². The van der Waals surface area contributed by atoms with E-state index in [1.807, 2.05) is 30.3 Å². The summed E-state index contributed by atoms with van der Waals surface area (Å²) in [6.45, 7) is 9.66. The molecule has 1 aromatic carbocycles. The first-order chi connectivity index (χ1) is 16.0. The minimum absolute atomic E-state index is 0.0989. The van der Waals surface area contributed by atoms with Crippen LogP contribution >= 0.6 is 0 Å². The summed E-state index contributed by atoms with van der Waals surface area (Å²) in [6, 6.07) is 8.60. The lowest BCUT2D eigenvalue weighted by molar-refractivity contribution is -0.136. The number of carbonyl (C=O) groups is 3. The van der Waals surface area contributed by atoms with Gasteiger partial charge in [-0.1, -0.05) is 36.9 Å². The Hall–Kier alpha value is -3.69. The van der Waals surface area contributed by atoms with Gasteiger partial charge in [0.1, 0.15) is 24.2 Å². The van der Waals surface area contributed by atoms with E-state index in [0.717, 1.165) is 11.8 Å². The lowest BCUT2D eigenvalue weighted by Gasteiger charge is -2.21. The summed E-state index contributed by atoms with van der Waals surface area (Å²) in [4.78, 5) is 35.5. The smallest absolute Gasteiger partial charge is 0.408 e. The summed E-state index contributed by atoms with van der Waals surface area (Å²) in [7, 11) is 1.19. The van der Waals surface area contributed by atoms with E-state index in [1.165, 1.54) is 7.11 Å². The van der Waals surface area contributed by atoms with Crippen LogP contribution in [0.15, 0.2) is 54.6 Å². The van der Waals surface area contributed by atoms with Crippen molar-refractivity contribution in [3.63, 3.8) is 0 Å². The number of ether oxygens (including phenoxy) is 4. The Morgan fingerprint density at radius 2 is 1.79 bits per heavy atom. The molecule has 0 saturated carbocycles. The molecule has 0 heterocycles. The van der Waals surface area contributed by atoms with Crippen molar-refractivity contribution >= 4 is 18.2 Å². The number of carbonyl (C=O) groups excluding carboxylic acids is 3. The van der Waals surface area contributed by atoms with Gasteiger partial charge in [0.15, 0.2) is 5.70 Å². The van der Waals surface area contributed by atoms with Gasteiger partial charge in [-0.15, -0.1) is 0 Å². The van der Waals surface area contributed by atoms with Gasteiger partial charge in [-0.05, 0) is 45.6 Å². The number of hydrogen-bond acceptors (Lipinski definition) is 8. The van der Waals surface area contributed by atoms with E-state index in [1.54, 1.807) is 20.8 Å². The summed E-state index contributed by atoms with van der Waals surface area (Å²) >= 11 is 0. The number of nitrogens with one attached hydrogen (secondary N) is 2. The van der Waals surface area contributed by atoms with Crippen LogP contribution in [0.25, 0.3) is 0 Å². The van der Waals surface area contributed by atoms with Crippen LogP contribution in [0.1, 0.15) is 45.6 Å². The molecule has 1 unspecified atom stereocenters. The van der Waals surface area contributed by atoms with E-state index in [2.05, 4.69) is 21.9 Å². The molecule has 0 fully saturated rings. The average Bonchev–Trinajstić information content (AvgIpc) is 2.78. The standard InChI is InChI=1S/C24H35N3O7/c1-17(32-16-19(25)21(28)31-5)20(13-9-10-14-26-22(29)34-24(2,3)4)27-23(30)33-15-18-11-7-6-8-12-18/h6-8,11-12,16,20H,1,9-10,13-15,25H2,2-5H3,(H,26,29)(H,27,30)/b19-16-. The van der Waals surface area contributed by atoms with Gasteiger partial charge in [-0.2, -0.15) is 0 Å². The van der Waals surface area contributed by atoms with Crippen LogP contribution in [0.2, 0.25) is 0 Å². The molecule has 10 nitrogen and oxygen atoms in total. The number of rotatable bonds is 12. The molecule has 34 heavy (non-hydrogen) atoms. The van der Waals surface area contributed by atoms with E-state index in [4.69, 9.17) is 19.9 Å². The molecule has 0 saturated heterocycles. The predicted molar refractivity (Wildman–Crippen MR) is 126 cm³/mol. The topological polar surface area (TPSA) is 138 Å². The summed E-state index contributed by atoms with van der Waals surface area (Å²) in [5, 5.41) is 5.38. The summed E-state index contributed by atoms with van der Waals surface area (Å²) in [5.41, 5.74) is 5.57. The Morgan fingerprint density at radius 1 is 1.12 bits per heavy atom. The van der Waals surface area contributed by atoms with Crippen molar-refractivity contribution in [1.82, 2.24) is 10.6 Å². The molecule has 1 rings (SSSR count). The maximum Gasteiger partial charge on any atom is 0.408 e. The van der Waals surface area contributed by atoms with Crippen molar-refractivity contribution in [1.29, 1.82) is 0 Å². The molecule has 0 bridgehead atoms. The van der Waals surface area contributed by atoms with Gasteiger partial charge < -0.3 is 35.3 Å². The van der Waals surface area contributed by atoms with E-state index in [9.17, 15) is 14.4 Å².